The van der Waals surface area contributed by atoms with Crippen LogP contribution in [-0.2, 0) is 12.0 Å². The highest BCUT2D eigenvalue weighted by molar-refractivity contribution is 7.09. The lowest BCUT2D eigenvalue weighted by molar-refractivity contribution is 0.0999. The third-order valence-corrected chi connectivity index (χ3v) is 6.64. The summed E-state index contributed by atoms with van der Waals surface area (Å²) in [6.45, 7) is 9.76. The van der Waals surface area contributed by atoms with Crippen LogP contribution < -0.4 is 4.80 Å². The number of pyridine rings is 1. The van der Waals surface area contributed by atoms with Gasteiger partial charge < -0.3 is 4.57 Å². The third-order valence-electron chi connectivity index (χ3n) is 5.04. The molecule has 0 saturated heterocycles. The van der Waals surface area contributed by atoms with Gasteiger partial charge in [0.15, 0.2) is 4.80 Å². The molecule has 1 aliphatic rings. The average molecular weight is 380 g/mol. The van der Waals surface area contributed by atoms with Crippen LogP contribution in [0.1, 0.15) is 54.5 Å². The number of hydrogen-bond acceptors (Lipinski definition) is 3. The number of nitrogens with zero attached hydrogens (tertiary/aromatic N) is 3. The van der Waals surface area contributed by atoms with Crippen molar-refractivity contribution in [3.8, 4) is 0 Å². The number of hydrogen-bond donors (Lipinski definition) is 0. The molecule has 1 saturated carbocycles. The van der Waals surface area contributed by atoms with Gasteiger partial charge in [-0.25, -0.2) is 0 Å². The van der Waals surface area contributed by atoms with E-state index < -0.39 is 0 Å². The molecule has 1 fully saturated rings. The Bertz CT molecular complexity index is 1080. The standard InChI is InChI=1S/C22H25N3OS/c1-14-19(22(2,3)4)27-21(25(14)13-15-10-11-15)24-20(26)17-9-5-7-16-8-6-12-23-18(16)17/h5-9,12,15H,10-11,13H2,1-4H3/b24-21-. The molecule has 3 aromatic rings. The second-order valence-electron chi connectivity index (χ2n) is 8.40. The minimum Gasteiger partial charge on any atom is -0.320 e. The molecular weight excluding hydrogens is 354 g/mol. The Morgan fingerprint density at radius 3 is 2.70 bits per heavy atom. The number of benzene rings is 1. The molecule has 1 aliphatic carbocycles. The van der Waals surface area contributed by atoms with Gasteiger partial charge in [0, 0.05) is 28.7 Å². The summed E-state index contributed by atoms with van der Waals surface area (Å²) < 4.78 is 2.25. The van der Waals surface area contributed by atoms with E-state index in [9.17, 15) is 4.79 Å². The molecule has 2 heterocycles. The molecule has 0 N–H and O–H groups in total. The maximum atomic E-state index is 13.0. The van der Waals surface area contributed by atoms with Gasteiger partial charge in [-0.3, -0.25) is 9.78 Å². The van der Waals surface area contributed by atoms with Crippen molar-refractivity contribution < 1.29 is 4.79 Å². The van der Waals surface area contributed by atoms with Crippen molar-refractivity contribution in [1.82, 2.24) is 9.55 Å². The number of carbonyl (C=O) groups excluding carboxylic acids is 1. The summed E-state index contributed by atoms with van der Waals surface area (Å²) in [4.78, 5) is 24.1. The van der Waals surface area contributed by atoms with Crippen molar-refractivity contribution in [3.05, 3.63) is 57.5 Å². The molecule has 140 valence electrons. The predicted octanol–water partition coefficient (Wildman–Crippen LogP) is 4.85. The fourth-order valence-electron chi connectivity index (χ4n) is 3.46. The molecular formula is C22H25N3OS. The summed E-state index contributed by atoms with van der Waals surface area (Å²) in [5.41, 5.74) is 2.56. The van der Waals surface area contributed by atoms with Crippen LogP contribution in [0.15, 0.2) is 41.5 Å². The van der Waals surface area contributed by atoms with Gasteiger partial charge in [-0.05, 0) is 43.2 Å². The lowest BCUT2D eigenvalue weighted by Gasteiger charge is -2.17. The molecule has 0 unspecified atom stereocenters. The molecule has 0 radical (unpaired) electrons. The highest BCUT2D eigenvalue weighted by Gasteiger charge is 2.27. The average Bonchev–Trinajstić information content (AvgIpc) is 3.39. The summed E-state index contributed by atoms with van der Waals surface area (Å²) in [5.74, 6) is 0.505. The van der Waals surface area contributed by atoms with Crippen LogP contribution in [-0.4, -0.2) is 15.5 Å². The molecule has 5 heteroatoms. The second-order valence-corrected chi connectivity index (χ2v) is 9.38. The molecule has 1 amide bonds. The summed E-state index contributed by atoms with van der Waals surface area (Å²) in [5, 5.41) is 0.960. The van der Waals surface area contributed by atoms with E-state index in [-0.39, 0.29) is 11.3 Å². The smallest absolute Gasteiger partial charge is 0.281 e. The number of rotatable bonds is 3. The van der Waals surface area contributed by atoms with Gasteiger partial charge in [0.25, 0.3) is 5.91 Å². The van der Waals surface area contributed by atoms with E-state index in [0.29, 0.717) is 11.1 Å². The quantitative estimate of drug-likeness (QED) is 0.653. The van der Waals surface area contributed by atoms with Crippen LogP contribution in [0, 0.1) is 12.8 Å². The monoisotopic (exact) mass is 379 g/mol. The SMILES string of the molecule is Cc1c(C(C)(C)C)s/c(=N\C(=O)c2cccc3cccnc23)n1CC1CC1. The van der Waals surface area contributed by atoms with Crippen LogP contribution in [0.25, 0.3) is 10.9 Å². The Morgan fingerprint density at radius 2 is 2.00 bits per heavy atom. The highest BCUT2D eigenvalue weighted by Crippen LogP contribution is 2.33. The minimum absolute atomic E-state index is 0.0396. The number of para-hydroxylation sites is 1. The van der Waals surface area contributed by atoms with Gasteiger partial charge in [-0.1, -0.05) is 39.0 Å². The van der Waals surface area contributed by atoms with Crippen LogP contribution in [0.2, 0.25) is 0 Å². The molecule has 0 spiro atoms. The van der Waals surface area contributed by atoms with Crippen LogP contribution in [0.4, 0.5) is 0 Å². The Labute approximate surface area is 163 Å². The van der Waals surface area contributed by atoms with Gasteiger partial charge in [0.05, 0.1) is 11.1 Å². The Balaban J connectivity index is 1.84. The summed E-state index contributed by atoms with van der Waals surface area (Å²) in [6, 6.07) is 9.54. The molecule has 1 aromatic carbocycles. The van der Waals surface area contributed by atoms with Gasteiger partial charge >= 0.3 is 0 Å². The minimum atomic E-state index is -0.217. The van der Waals surface area contributed by atoms with E-state index in [1.165, 1.54) is 23.4 Å². The van der Waals surface area contributed by atoms with Gasteiger partial charge in [-0.15, -0.1) is 11.3 Å². The van der Waals surface area contributed by atoms with E-state index in [1.54, 1.807) is 17.5 Å². The third kappa shape index (κ3) is 3.61. The van der Waals surface area contributed by atoms with Gasteiger partial charge in [-0.2, -0.15) is 4.99 Å². The Kier molecular flexibility index (Phi) is 4.50. The molecule has 0 bridgehead atoms. The van der Waals surface area contributed by atoms with Crippen molar-refractivity contribution in [2.24, 2.45) is 10.9 Å². The van der Waals surface area contributed by atoms with Crippen LogP contribution in [0.5, 0.6) is 0 Å². The topological polar surface area (TPSA) is 47.2 Å². The first-order valence-corrected chi connectivity index (χ1v) is 10.3. The van der Waals surface area contributed by atoms with Crippen molar-refractivity contribution >= 4 is 28.1 Å². The fraction of sp³-hybridized carbons (Fsp3) is 0.409. The first kappa shape index (κ1) is 18.1. The Hall–Kier alpha value is -2.27. The van der Waals surface area contributed by atoms with Gasteiger partial charge in [0.2, 0.25) is 0 Å². The van der Waals surface area contributed by atoms with E-state index in [4.69, 9.17) is 0 Å². The number of fused-ring (bicyclic) bond motifs is 1. The van der Waals surface area contributed by atoms with Crippen molar-refractivity contribution in [1.29, 1.82) is 0 Å². The first-order chi connectivity index (χ1) is 12.8. The van der Waals surface area contributed by atoms with Crippen LogP contribution >= 0.6 is 11.3 Å². The summed E-state index contributed by atoms with van der Waals surface area (Å²) >= 11 is 1.65. The number of carbonyl (C=O) groups is 1. The lowest BCUT2D eigenvalue weighted by Crippen LogP contribution is -2.20. The summed E-state index contributed by atoms with van der Waals surface area (Å²) in [6.07, 6.45) is 4.26. The normalized spacial score (nSPS) is 15.5. The van der Waals surface area contributed by atoms with E-state index in [1.807, 2.05) is 30.3 Å². The fourth-order valence-corrected chi connectivity index (χ4v) is 4.66. The largest absolute Gasteiger partial charge is 0.320 e. The highest BCUT2D eigenvalue weighted by atomic mass is 32.1. The maximum Gasteiger partial charge on any atom is 0.281 e. The zero-order valence-corrected chi connectivity index (χ0v) is 17.1. The number of aromatic nitrogens is 2. The van der Waals surface area contributed by atoms with Gasteiger partial charge in [0.1, 0.15) is 0 Å². The van der Waals surface area contributed by atoms with Crippen molar-refractivity contribution in [3.63, 3.8) is 0 Å². The predicted molar refractivity (Wildman–Crippen MR) is 110 cm³/mol. The molecule has 4 rings (SSSR count). The Morgan fingerprint density at radius 1 is 1.26 bits per heavy atom. The second kappa shape index (κ2) is 6.71. The van der Waals surface area contributed by atoms with Crippen molar-refractivity contribution in [2.75, 3.05) is 0 Å². The molecule has 4 nitrogen and oxygen atoms in total. The molecule has 2 aromatic heterocycles. The summed E-state index contributed by atoms with van der Waals surface area (Å²) in [7, 11) is 0. The van der Waals surface area contributed by atoms with Crippen molar-refractivity contribution in [2.45, 2.75) is 52.5 Å². The zero-order chi connectivity index (χ0) is 19.2. The number of thiazole rings is 1. The molecule has 0 atom stereocenters. The maximum absolute atomic E-state index is 13.0. The number of amides is 1. The van der Waals surface area contributed by atoms with E-state index in [0.717, 1.165) is 22.7 Å². The lowest BCUT2D eigenvalue weighted by atomic mass is 9.93. The zero-order valence-electron chi connectivity index (χ0n) is 16.3. The first-order valence-electron chi connectivity index (χ1n) is 9.48. The van der Waals surface area contributed by atoms with Crippen LogP contribution in [0.3, 0.4) is 0 Å². The van der Waals surface area contributed by atoms with E-state index in [2.05, 4.69) is 42.2 Å². The molecule has 0 aliphatic heterocycles. The van der Waals surface area contributed by atoms with E-state index >= 15 is 0 Å². The molecule has 27 heavy (non-hydrogen) atoms.